The highest BCUT2D eigenvalue weighted by Crippen LogP contribution is 2.35. The number of amides is 1. The van der Waals surface area contributed by atoms with Crippen LogP contribution in [0.25, 0.3) is 10.9 Å². The number of nitrogens with zero attached hydrogens (tertiary/aromatic N) is 2. The Bertz CT molecular complexity index is 802. The number of carbonyl (C=O) groups is 1. The number of nitrogens with one attached hydrogen (secondary N) is 1. The van der Waals surface area contributed by atoms with E-state index >= 15 is 0 Å². The van der Waals surface area contributed by atoms with Crippen molar-refractivity contribution in [1.29, 1.82) is 0 Å². The third-order valence-electron chi connectivity index (χ3n) is 5.93. The van der Waals surface area contributed by atoms with Gasteiger partial charge in [0.2, 0.25) is 0 Å². The average molecular weight is 371 g/mol. The molecular weight excluding hydrogens is 342 g/mol. The molecule has 6 heteroatoms. The molecule has 1 amide bonds. The van der Waals surface area contributed by atoms with Crippen LogP contribution in [0.5, 0.6) is 5.75 Å². The van der Waals surface area contributed by atoms with Gasteiger partial charge in [0.15, 0.2) is 0 Å². The van der Waals surface area contributed by atoms with Gasteiger partial charge in [0.05, 0.1) is 24.4 Å². The van der Waals surface area contributed by atoms with E-state index in [1.54, 1.807) is 7.11 Å². The first kappa shape index (κ1) is 18.3. The number of aromatic nitrogens is 2. The summed E-state index contributed by atoms with van der Waals surface area (Å²) in [6, 6.07) is 4.34. The van der Waals surface area contributed by atoms with Gasteiger partial charge in [-0.3, -0.25) is 9.48 Å². The van der Waals surface area contributed by atoms with Gasteiger partial charge in [0.25, 0.3) is 5.91 Å². The molecule has 1 aliphatic carbocycles. The summed E-state index contributed by atoms with van der Waals surface area (Å²) in [6.45, 7) is 2.98. The van der Waals surface area contributed by atoms with Crippen LogP contribution in [0.4, 0.5) is 5.69 Å². The number of anilines is 1. The average Bonchev–Trinajstić information content (AvgIpc) is 3.11. The maximum absolute atomic E-state index is 12.5. The van der Waals surface area contributed by atoms with E-state index in [1.807, 2.05) is 12.1 Å². The van der Waals surface area contributed by atoms with Crippen molar-refractivity contribution in [3.63, 3.8) is 0 Å². The summed E-state index contributed by atoms with van der Waals surface area (Å²) < 4.78 is 13.2. The van der Waals surface area contributed by atoms with E-state index in [9.17, 15) is 4.79 Å². The second-order valence-electron chi connectivity index (χ2n) is 7.98. The first-order valence-electron chi connectivity index (χ1n) is 10.1. The third-order valence-corrected chi connectivity index (χ3v) is 5.93. The topological polar surface area (TPSA) is 65.4 Å². The van der Waals surface area contributed by atoms with Crippen LogP contribution in [0.2, 0.25) is 0 Å². The van der Waals surface area contributed by atoms with E-state index in [4.69, 9.17) is 14.6 Å². The maximum Gasteiger partial charge on any atom is 0.253 e. The smallest absolute Gasteiger partial charge is 0.253 e. The predicted octanol–water partition coefficient (Wildman–Crippen LogP) is 4.30. The summed E-state index contributed by atoms with van der Waals surface area (Å²) in [5.41, 5.74) is 1.58. The number of methoxy groups -OCH3 is 1. The number of carbonyl (C=O) groups excluding carboxylic acids is 1. The van der Waals surface area contributed by atoms with Crippen LogP contribution in [-0.4, -0.2) is 35.5 Å². The molecule has 1 N–H and O–H groups in total. The molecule has 1 aromatic carbocycles. The number of ether oxygens (including phenoxy) is 2. The largest absolute Gasteiger partial charge is 0.494 e. The molecule has 2 aliphatic rings. The zero-order chi connectivity index (χ0) is 18.8. The first-order chi connectivity index (χ1) is 13.1. The van der Waals surface area contributed by atoms with Crippen LogP contribution in [0.3, 0.4) is 0 Å². The van der Waals surface area contributed by atoms with Gasteiger partial charge in [-0.1, -0.05) is 6.92 Å². The highest BCUT2D eigenvalue weighted by Gasteiger charge is 2.24. The van der Waals surface area contributed by atoms with Crippen molar-refractivity contribution in [3.8, 4) is 5.75 Å². The van der Waals surface area contributed by atoms with Crippen molar-refractivity contribution in [2.45, 2.75) is 64.0 Å². The van der Waals surface area contributed by atoms with Crippen molar-refractivity contribution in [3.05, 3.63) is 18.3 Å². The van der Waals surface area contributed by atoms with Crippen molar-refractivity contribution >= 4 is 22.5 Å². The van der Waals surface area contributed by atoms with Gasteiger partial charge < -0.3 is 14.8 Å². The molecule has 0 radical (unpaired) electrons. The number of benzene rings is 1. The van der Waals surface area contributed by atoms with Crippen LogP contribution in [0.1, 0.15) is 57.9 Å². The minimum absolute atomic E-state index is 0.0963. The lowest BCUT2D eigenvalue weighted by atomic mass is 9.87. The number of rotatable bonds is 4. The standard InChI is InChI=1S/C21H29N3O3/c1-14-6-8-16(9-7-14)24-13-15-11-18(20(26-2)12-17(15)23-24)22-21(25)19-5-3-4-10-27-19/h11-14,16,19H,3-10H2,1-2H3,(H,22,25)/t14?,16?,19-/m0/s1. The van der Waals surface area contributed by atoms with Gasteiger partial charge in [-0.2, -0.15) is 5.10 Å². The molecule has 6 nitrogen and oxygen atoms in total. The molecule has 1 aliphatic heterocycles. The second kappa shape index (κ2) is 7.89. The van der Waals surface area contributed by atoms with Gasteiger partial charge in [-0.15, -0.1) is 0 Å². The minimum atomic E-state index is -0.369. The van der Waals surface area contributed by atoms with E-state index in [0.717, 1.165) is 36.1 Å². The summed E-state index contributed by atoms with van der Waals surface area (Å²) in [4.78, 5) is 12.5. The Morgan fingerprint density at radius 2 is 2.04 bits per heavy atom. The summed E-state index contributed by atoms with van der Waals surface area (Å²) in [7, 11) is 1.62. The van der Waals surface area contributed by atoms with Gasteiger partial charge in [0.1, 0.15) is 11.9 Å². The van der Waals surface area contributed by atoms with Crippen LogP contribution in [0, 0.1) is 5.92 Å². The number of hydrogen-bond donors (Lipinski definition) is 1. The van der Waals surface area contributed by atoms with Crippen molar-refractivity contribution in [1.82, 2.24) is 9.78 Å². The molecule has 146 valence electrons. The monoisotopic (exact) mass is 371 g/mol. The van der Waals surface area contributed by atoms with E-state index < -0.39 is 0 Å². The van der Waals surface area contributed by atoms with E-state index in [1.165, 1.54) is 25.7 Å². The maximum atomic E-state index is 12.5. The summed E-state index contributed by atoms with van der Waals surface area (Å²) in [5, 5.41) is 8.79. The van der Waals surface area contributed by atoms with Crippen molar-refractivity contribution in [2.75, 3.05) is 19.0 Å². The molecule has 0 spiro atoms. The molecule has 27 heavy (non-hydrogen) atoms. The second-order valence-corrected chi connectivity index (χ2v) is 7.98. The van der Waals surface area contributed by atoms with Crippen molar-refractivity contribution < 1.29 is 14.3 Å². The van der Waals surface area contributed by atoms with Crippen molar-refractivity contribution in [2.24, 2.45) is 5.92 Å². The Kier molecular flexibility index (Phi) is 5.34. The summed E-state index contributed by atoms with van der Waals surface area (Å²) in [5.74, 6) is 1.35. The number of fused-ring (bicyclic) bond motifs is 1. The fraction of sp³-hybridized carbons (Fsp3) is 0.619. The molecule has 1 saturated heterocycles. The first-order valence-corrected chi connectivity index (χ1v) is 10.1. The Hall–Kier alpha value is -2.08. The van der Waals surface area contributed by atoms with E-state index in [-0.39, 0.29) is 12.0 Å². The molecule has 2 heterocycles. The Labute approximate surface area is 160 Å². The van der Waals surface area contributed by atoms with Crippen LogP contribution >= 0.6 is 0 Å². The van der Waals surface area contributed by atoms with E-state index in [0.29, 0.717) is 24.1 Å². The Morgan fingerprint density at radius 3 is 2.74 bits per heavy atom. The molecule has 1 saturated carbocycles. The lowest BCUT2D eigenvalue weighted by Gasteiger charge is -2.26. The molecular formula is C21H29N3O3. The van der Waals surface area contributed by atoms with Crippen LogP contribution in [-0.2, 0) is 9.53 Å². The fourth-order valence-corrected chi connectivity index (χ4v) is 4.19. The molecule has 2 fully saturated rings. The molecule has 2 aromatic rings. The lowest BCUT2D eigenvalue weighted by molar-refractivity contribution is -0.129. The Morgan fingerprint density at radius 1 is 1.22 bits per heavy atom. The quantitative estimate of drug-likeness (QED) is 0.870. The summed E-state index contributed by atoms with van der Waals surface area (Å²) >= 11 is 0. The highest BCUT2D eigenvalue weighted by molar-refractivity contribution is 5.98. The summed E-state index contributed by atoms with van der Waals surface area (Å²) in [6.07, 6.45) is 9.42. The van der Waals surface area contributed by atoms with Gasteiger partial charge in [-0.05, 0) is 56.9 Å². The van der Waals surface area contributed by atoms with Gasteiger partial charge >= 0.3 is 0 Å². The third kappa shape index (κ3) is 3.95. The molecule has 0 bridgehead atoms. The lowest BCUT2D eigenvalue weighted by Crippen LogP contribution is -2.33. The SMILES string of the molecule is COc1cc2nn(C3CCC(C)CC3)cc2cc1NC(=O)[C@@H]1CCCCO1. The van der Waals surface area contributed by atoms with Gasteiger partial charge in [-0.25, -0.2) is 0 Å². The normalized spacial score (nSPS) is 26.1. The number of hydrogen-bond acceptors (Lipinski definition) is 4. The highest BCUT2D eigenvalue weighted by atomic mass is 16.5. The molecule has 1 atom stereocenters. The van der Waals surface area contributed by atoms with Crippen LogP contribution < -0.4 is 10.1 Å². The minimum Gasteiger partial charge on any atom is -0.494 e. The van der Waals surface area contributed by atoms with Gasteiger partial charge in [0, 0.05) is 24.3 Å². The zero-order valence-corrected chi connectivity index (χ0v) is 16.2. The van der Waals surface area contributed by atoms with Crippen LogP contribution in [0.15, 0.2) is 18.3 Å². The predicted molar refractivity (Wildman–Crippen MR) is 105 cm³/mol. The molecule has 4 rings (SSSR count). The van der Waals surface area contributed by atoms with E-state index in [2.05, 4.69) is 23.1 Å². The fourth-order valence-electron chi connectivity index (χ4n) is 4.19. The Balaban J connectivity index is 1.56. The molecule has 0 unspecified atom stereocenters. The molecule has 1 aromatic heterocycles. The zero-order valence-electron chi connectivity index (χ0n) is 16.2.